The Kier molecular flexibility index (Phi) is 6.24. The maximum Gasteiger partial charge on any atom is 0.271 e. The molecule has 0 atom stereocenters. The summed E-state index contributed by atoms with van der Waals surface area (Å²) in [5.74, 6) is 1.09. The van der Waals surface area contributed by atoms with Gasteiger partial charge in [0.1, 0.15) is 18.1 Å². The van der Waals surface area contributed by atoms with Gasteiger partial charge in [0.25, 0.3) is 5.91 Å². The summed E-state index contributed by atoms with van der Waals surface area (Å²) in [6.07, 6.45) is 1.61. The van der Waals surface area contributed by atoms with Crippen molar-refractivity contribution < 1.29 is 14.3 Å². The van der Waals surface area contributed by atoms with Gasteiger partial charge in [0, 0.05) is 11.1 Å². The molecule has 0 unspecified atom stereocenters. The highest BCUT2D eigenvalue weighted by molar-refractivity contribution is 6.03. The van der Waals surface area contributed by atoms with E-state index in [-0.39, 0.29) is 5.91 Å². The molecule has 0 bridgehead atoms. The highest BCUT2D eigenvalue weighted by atomic mass is 16.5. The number of carbonyl (C=O) groups is 1. The van der Waals surface area contributed by atoms with Gasteiger partial charge in [0.15, 0.2) is 0 Å². The number of carbonyl (C=O) groups excluding carboxylic acids is 1. The largest absolute Gasteiger partial charge is 0.496 e. The second kappa shape index (κ2) is 9.59. The van der Waals surface area contributed by atoms with Crippen molar-refractivity contribution >= 4 is 22.9 Å². The van der Waals surface area contributed by atoms with Gasteiger partial charge in [0.2, 0.25) is 0 Å². The lowest BCUT2D eigenvalue weighted by Crippen LogP contribution is -2.17. The highest BCUT2D eigenvalue weighted by Gasteiger charge is 2.08. The molecule has 5 nitrogen and oxygen atoms in total. The Morgan fingerprint density at radius 3 is 2.42 bits per heavy atom. The molecule has 154 valence electrons. The molecule has 0 radical (unpaired) electrons. The van der Waals surface area contributed by atoms with Crippen molar-refractivity contribution in [3.63, 3.8) is 0 Å². The summed E-state index contributed by atoms with van der Waals surface area (Å²) in [7, 11) is 1.61. The van der Waals surface area contributed by atoms with Crippen LogP contribution < -0.4 is 14.9 Å². The summed E-state index contributed by atoms with van der Waals surface area (Å²) in [5.41, 5.74) is 4.97. The second-order valence-electron chi connectivity index (χ2n) is 6.90. The van der Waals surface area contributed by atoms with Crippen LogP contribution in [-0.4, -0.2) is 19.2 Å². The third kappa shape index (κ3) is 4.90. The molecular formula is C26H22N2O3. The summed E-state index contributed by atoms with van der Waals surface area (Å²) in [6, 6.07) is 28.7. The van der Waals surface area contributed by atoms with Gasteiger partial charge >= 0.3 is 0 Å². The van der Waals surface area contributed by atoms with E-state index in [0.717, 1.165) is 21.9 Å². The van der Waals surface area contributed by atoms with E-state index in [0.29, 0.717) is 23.7 Å². The predicted octanol–water partition coefficient (Wildman–Crippen LogP) is 5.19. The molecule has 4 rings (SSSR count). The molecule has 0 fully saturated rings. The van der Waals surface area contributed by atoms with Crippen molar-refractivity contribution in [3.05, 3.63) is 108 Å². The lowest BCUT2D eigenvalue weighted by molar-refractivity contribution is 0.0955. The number of benzene rings is 4. The minimum Gasteiger partial charge on any atom is -0.496 e. The number of fused-ring (bicyclic) bond motifs is 1. The summed E-state index contributed by atoms with van der Waals surface area (Å²) in [6.45, 7) is 0.476. The summed E-state index contributed by atoms with van der Waals surface area (Å²) < 4.78 is 11.2. The molecule has 4 aromatic carbocycles. The number of nitrogens with zero attached hydrogens (tertiary/aromatic N) is 1. The van der Waals surface area contributed by atoms with E-state index in [1.54, 1.807) is 37.6 Å². The van der Waals surface area contributed by atoms with Crippen LogP contribution in [0.3, 0.4) is 0 Å². The molecular weight excluding hydrogens is 388 g/mol. The molecule has 31 heavy (non-hydrogen) atoms. The van der Waals surface area contributed by atoms with E-state index in [9.17, 15) is 4.79 Å². The fourth-order valence-electron chi connectivity index (χ4n) is 3.25. The minimum atomic E-state index is -0.301. The van der Waals surface area contributed by atoms with Crippen molar-refractivity contribution in [1.29, 1.82) is 0 Å². The normalized spacial score (nSPS) is 10.9. The zero-order chi connectivity index (χ0) is 21.5. The lowest BCUT2D eigenvalue weighted by Gasteiger charge is -2.08. The number of ether oxygens (including phenoxy) is 2. The smallest absolute Gasteiger partial charge is 0.271 e. The average molecular weight is 410 g/mol. The van der Waals surface area contributed by atoms with Crippen LogP contribution in [0, 0.1) is 0 Å². The molecule has 0 aliphatic heterocycles. The van der Waals surface area contributed by atoms with Gasteiger partial charge < -0.3 is 9.47 Å². The molecule has 0 aromatic heterocycles. The summed E-state index contributed by atoms with van der Waals surface area (Å²) in [5, 5.41) is 6.21. The van der Waals surface area contributed by atoms with Crippen molar-refractivity contribution in [2.45, 2.75) is 6.61 Å². The van der Waals surface area contributed by atoms with E-state index in [1.165, 1.54) is 0 Å². The third-order valence-electron chi connectivity index (χ3n) is 4.88. The number of methoxy groups -OCH3 is 1. The molecule has 4 aromatic rings. The van der Waals surface area contributed by atoms with E-state index in [1.807, 2.05) is 66.7 Å². The Bertz CT molecular complexity index is 1200. The van der Waals surface area contributed by atoms with Gasteiger partial charge in [-0.15, -0.1) is 0 Å². The highest BCUT2D eigenvalue weighted by Crippen LogP contribution is 2.26. The zero-order valence-electron chi connectivity index (χ0n) is 17.1. The number of hydrazone groups is 1. The third-order valence-corrected chi connectivity index (χ3v) is 4.88. The van der Waals surface area contributed by atoms with E-state index in [2.05, 4.69) is 10.5 Å². The average Bonchev–Trinajstić information content (AvgIpc) is 2.83. The summed E-state index contributed by atoms with van der Waals surface area (Å²) in [4.78, 5) is 12.4. The topological polar surface area (TPSA) is 59.9 Å². The number of hydrogen-bond acceptors (Lipinski definition) is 4. The second-order valence-corrected chi connectivity index (χ2v) is 6.90. The molecule has 0 aliphatic rings. The van der Waals surface area contributed by atoms with Crippen molar-refractivity contribution in [2.75, 3.05) is 7.11 Å². The van der Waals surface area contributed by atoms with Crippen molar-refractivity contribution in [1.82, 2.24) is 5.43 Å². The molecule has 5 heteroatoms. The minimum absolute atomic E-state index is 0.301. The van der Waals surface area contributed by atoms with Crippen LogP contribution in [0.5, 0.6) is 11.5 Å². The zero-order valence-corrected chi connectivity index (χ0v) is 17.1. The molecule has 1 N–H and O–H groups in total. The van der Waals surface area contributed by atoms with E-state index >= 15 is 0 Å². The van der Waals surface area contributed by atoms with Crippen LogP contribution in [0.15, 0.2) is 96.1 Å². The monoisotopic (exact) mass is 410 g/mol. The molecule has 0 saturated heterocycles. The summed E-state index contributed by atoms with van der Waals surface area (Å²) >= 11 is 0. The van der Waals surface area contributed by atoms with Gasteiger partial charge in [-0.05, 0) is 46.7 Å². The van der Waals surface area contributed by atoms with Crippen molar-refractivity contribution in [3.8, 4) is 11.5 Å². The Morgan fingerprint density at radius 2 is 1.65 bits per heavy atom. The molecule has 0 heterocycles. The maximum atomic E-state index is 12.4. The number of amides is 1. The Hall–Kier alpha value is -4.12. The number of rotatable bonds is 7. The fraction of sp³-hybridized carbons (Fsp3) is 0.0769. The Morgan fingerprint density at radius 1 is 0.903 bits per heavy atom. The van der Waals surface area contributed by atoms with Crippen LogP contribution in [0.25, 0.3) is 10.8 Å². The van der Waals surface area contributed by atoms with Crippen LogP contribution in [0.4, 0.5) is 0 Å². The molecule has 0 saturated carbocycles. The quantitative estimate of drug-likeness (QED) is 0.337. The van der Waals surface area contributed by atoms with Gasteiger partial charge in [-0.2, -0.15) is 5.10 Å². The SMILES string of the molecule is COc1ccc2ccccc2c1C=NNC(=O)c1ccc(OCc2ccccc2)cc1. The molecule has 0 spiro atoms. The van der Waals surface area contributed by atoms with Gasteiger partial charge in [-0.3, -0.25) is 4.79 Å². The molecule has 1 amide bonds. The first kappa shape index (κ1) is 20.2. The number of hydrogen-bond donors (Lipinski definition) is 1. The van der Waals surface area contributed by atoms with Crippen LogP contribution in [0.1, 0.15) is 21.5 Å². The first-order valence-electron chi connectivity index (χ1n) is 9.90. The fourth-order valence-corrected chi connectivity index (χ4v) is 3.25. The Balaban J connectivity index is 1.41. The Labute approximate surface area is 180 Å². The van der Waals surface area contributed by atoms with Crippen LogP contribution in [-0.2, 0) is 6.61 Å². The van der Waals surface area contributed by atoms with Gasteiger partial charge in [-0.1, -0.05) is 60.7 Å². The maximum absolute atomic E-state index is 12.4. The van der Waals surface area contributed by atoms with E-state index in [4.69, 9.17) is 9.47 Å². The predicted molar refractivity (Wildman–Crippen MR) is 123 cm³/mol. The van der Waals surface area contributed by atoms with E-state index < -0.39 is 0 Å². The van der Waals surface area contributed by atoms with Crippen LogP contribution >= 0.6 is 0 Å². The molecule has 0 aliphatic carbocycles. The number of nitrogens with one attached hydrogen (secondary N) is 1. The first-order chi connectivity index (χ1) is 15.2. The van der Waals surface area contributed by atoms with Crippen LogP contribution in [0.2, 0.25) is 0 Å². The van der Waals surface area contributed by atoms with Gasteiger partial charge in [0.05, 0.1) is 13.3 Å². The standard InChI is InChI=1S/C26H22N2O3/c1-30-25-16-13-20-9-5-6-10-23(20)24(25)17-27-28-26(29)21-11-14-22(15-12-21)31-18-19-7-3-2-4-8-19/h2-17H,18H2,1H3,(H,28,29). The van der Waals surface area contributed by atoms with Crippen molar-refractivity contribution in [2.24, 2.45) is 5.10 Å². The first-order valence-corrected chi connectivity index (χ1v) is 9.90. The lowest BCUT2D eigenvalue weighted by atomic mass is 10.0. The van der Waals surface area contributed by atoms with Gasteiger partial charge in [-0.25, -0.2) is 5.43 Å².